The van der Waals surface area contributed by atoms with Gasteiger partial charge in [-0.15, -0.1) is 0 Å². The summed E-state index contributed by atoms with van der Waals surface area (Å²) >= 11 is 0. The summed E-state index contributed by atoms with van der Waals surface area (Å²) in [5.41, 5.74) is 0.595. The number of ether oxygens (including phenoxy) is 2. The number of unbranched alkanes of at least 4 members (excludes halogenated alkanes) is 4. The van der Waals surface area contributed by atoms with Gasteiger partial charge in [-0.25, -0.2) is 4.79 Å². The van der Waals surface area contributed by atoms with E-state index in [4.69, 9.17) is 13.9 Å². The number of esters is 2. The molecule has 0 aromatic carbocycles. The summed E-state index contributed by atoms with van der Waals surface area (Å²) in [4.78, 5) is 23.5. The smallest absolute Gasteiger partial charge is 0.331 e. The zero-order chi connectivity index (χ0) is 21.4. The summed E-state index contributed by atoms with van der Waals surface area (Å²) in [7, 11) is -2.22. The number of aliphatic hydroxyl groups is 1. The van der Waals surface area contributed by atoms with E-state index in [0.29, 0.717) is 12.0 Å². The first-order chi connectivity index (χ1) is 13.0. The van der Waals surface area contributed by atoms with E-state index in [0.717, 1.165) is 25.7 Å². The number of hydrogen-bond acceptors (Lipinski definition) is 6. The molecule has 2 atom stereocenters. The molecule has 0 aromatic rings. The average molecular weight is 415 g/mol. The summed E-state index contributed by atoms with van der Waals surface area (Å²) in [6.07, 6.45) is 5.23. The number of cyclic esters (lactones) is 1. The van der Waals surface area contributed by atoms with Crippen LogP contribution in [0.2, 0.25) is 18.1 Å². The number of hydrogen-bond donors (Lipinski definition) is 1. The maximum absolute atomic E-state index is 12.0. The van der Waals surface area contributed by atoms with Crippen molar-refractivity contribution in [3.05, 3.63) is 11.6 Å². The van der Waals surface area contributed by atoms with Gasteiger partial charge in [0.05, 0.1) is 6.10 Å². The first-order valence-corrected chi connectivity index (χ1v) is 13.3. The van der Waals surface area contributed by atoms with Crippen molar-refractivity contribution in [3.63, 3.8) is 0 Å². The molecule has 0 aromatic heterocycles. The van der Waals surface area contributed by atoms with Crippen molar-refractivity contribution in [1.82, 2.24) is 0 Å². The molecule has 0 unspecified atom stereocenters. The van der Waals surface area contributed by atoms with Gasteiger partial charge in [-0.1, -0.05) is 53.4 Å². The predicted octanol–water partition coefficient (Wildman–Crippen LogP) is 4.12. The fourth-order valence-electron chi connectivity index (χ4n) is 2.66. The second-order valence-corrected chi connectivity index (χ2v) is 13.8. The quantitative estimate of drug-likeness (QED) is 0.294. The Morgan fingerprint density at radius 2 is 1.89 bits per heavy atom. The summed E-state index contributed by atoms with van der Waals surface area (Å²) in [6.45, 7) is 12.6. The molecular weight excluding hydrogens is 376 g/mol. The van der Waals surface area contributed by atoms with Crippen LogP contribution in [-0.2, 0) is 23.5 Å². The summed E-state index contributed by atoms with van der Waals surface area (Å²) in [5, 5.41) is 10.6. The number of carbonyl (C=O) groups excluding carboxylic acids is 2. The van der Waals surface area contributed by atoms with Crippen molar-refractivity contribution in [1.29, 1.82) is 0 Å². The number of carbonyl (C=O) groups is 2. The van der Waals surface area contributed by atoms with E-state index in [1.165, 1.54) is 12.5 Å². The summed E-state index contributed by atoms with van der Waals surface area (Å²) in [6, 6.07) is 0. The fourth-order valence-corrected chi connectivity index (χ4v) is 3.96. The fraction of sp³-hybridized carbons (Fsp3) is 0.810. The SMILES string of the molecule is CCCCCCCC(=O)OC[C@@H](O)[C@H](O[Si](C)(C)C(C)(C)C)C1=CC(=O)OC1. The Kier molecular flexibility index (Phi) is 9.87. The zero-order valence-electron chi connectivity index (χ0n) is 18.4. The van der Waals surface area contributed by atoms with Gasteiger partial charge in [-0.3, -0.25) is 4.79 Å². The third-order valence-electron chi connectivity index (χ3n) is 5.53. The Balaban J connectivity index is 2.65. The largest absolute Gasteiger partial charge is 0.463 e. The van der Waals surface area contributed by atoms with E-state index in [1.54, 1.807) is 0 Å². The molecule has 0 amide bonds. The Hall–Kier alpha value is -1.18. The molecule has 1 N–H and O–H groups in total. The average Bonchev–Trinajstić information content (AvgIpc) is 3.02. The van der Waals surface area contributed by atoms with E-state index in [-0.39, 0.29) is 24.2 Å². The molecule has 0 saturated carbocycles. The van der Waals surface area contributed by atoms with E-state index in [9.17, 15) is 14.7 Å². The Morgan fingerprint density at radius 1 is 1.25 bits per heavy atom. The zero-order valence-corrected chi connectivity index (χ0v) is 19.4. The van der Waals surface area contributed by atoms with Gasteiger partial charge in [-0.05, 0) is 24.6 Å². The van der Waals surface area contributed by atoms with Gasteiger partial charge in [0.1, 0.15) is 19.3 Å². The minimum Gasteiger partial charge on any atom is -0.463 e. The van der Waals surface area contributed by atoms with Crippen LogP contribution in [-0.4, -0.2) is 50.8 Å². The van der Waals surface area contributed by atoms with Crippen molar-refractivity contribution in [2.75, 3.05) is 13.2 Å². The van der Waals surface area contributed by atoms with Gasteiger partial charge in [0, 0.05) is 18.1 Å². The molecule has 0 bridgehead atoms. The van der Waals surface area contributed by atoms with Crippen LogP contribution in [0.3, 0.4) is 0 Å². The van der Waals surface area contributed by atoms with Gasteiger partial charge >= 0.3 is 11.9 Å². The predicted molar refractivity (Wildman–Crippen MR) is 111 cm³/mol. The molecular formula is C21H38O6Si. The van der Waals surface area contributed by atoms with Crippen LogP contribution in [0.5, 0.6) is 0 Å². The van der Waals surface area contributed by atoms with Crippen molar-refractivity contribution in [2.45, 2.75) is 96.6 Å². The molecule has 0 aliphatic carbocycles. The van der Waals surface area contributed by atoms with Crippen LogP contribution in [0.25, 0.3) is 0 Å². The molecule has 0 spiro atoms. The van der Waals surface area contributed by atoms with Crippen molar-refractivity contribution < 1.29 is 28.6 Å². The van der Waals surface area contributed by atoms with Crippen LogP contribution < -0.4 is 0 Å². The molecule has 7 heteroatoms. The van der Waals surface area contributed by atoms with Crippen LogP contribution in [0.1, 0.15) is 66.2 Å². The molecule has 1 heterocycles. The lowest BCUT2D eigenvalue weighted by molar-refractivity contribution is -0.148. The molecule has 1 aliphatic heterocycles. The van der Waals surface area contributed by atoms with Gasteiger partial charge < -0.3 is 19.0 Å². The lowest BCUT2D eigenvalue weighted by Crippen LogP contribution is -2.49. The van der Waals surface area contributed by atoms with Gasteiger partial charge in [-0.2, -0.15) is 0 Å². The third kappa shape index (κ3) is 8.05. The van der Waals surface area contributed by atoms with E-state index < -0.39 is 26.5 Å². The lowest BCUT2D eigenvalue weighted by Gasteiger charge is -2.40. The molecule has 1 rings (SSSR count). The van der Waals surface area contributed by atoms with Crippen molar-refractivity contribution in [3.8, 4) is 0 Å². The first kappa shape index (κ1) is 24.9. The summed E-state index contributed by atoms with van der Waals surface area (Å²) < 4.78 is 16.6. The van der Waals surface area contributed by atoms with E-state index in [1.807, 2.05) is 0 Å². The monoisotopic (exact) mass is 414 g/mol. The molecule has 28 heavy (non-hydrogen) atoms. The normalized spacial score (nSPS) is 17.1. The van der Waals surface area contributed by atoms with Crippen LogP contribution in [0.4, 0.5) is 0 Å². The van der Waals surface area contributed by atoms with Crippen LogP contribution >= 0.6 is 0 Å². The highest BCUT2D eigenvalue weighted by Crippen LogP contribution is 2.38. The van der Waals surface area contributed by atoms with Crippen LogP contribution in [0, 0.1) is 0 Å². The topological polar surface area (TPSA) is 82.1 Å². The van der Waals surface area contributed by atoms with E-state index >= 15 is 0 Å². The number of aliphatic hydroxyl groups excluding tert-OH is 1. The lowest BCUT2D eigenvalue weighted by atomic mass is 10.1. The Bertz CT molecular complexity index is 550. The van der Waals surface area contributed by atoms with Crippen LogP contribution in [0.15, 0.2) is 11.6 Å². The second-order valence-electron chi connectivity index (χ2n) is 9.04. The highest BCUT2D eigenvalue weighted by Gasteiger charge is 2.42. The highest BCUT2D eigenvalue weighted by molar-refractivity contribution is 6.74. The standard InChI is InChI=1S/C21H38O6Si/c1-7-8-9-10-11-12-18(23)26-15-17(22)20(16-13-19(24)25-14-16)27-28(5,6)21(2,3)4/h13,17,20,22H,7-12,14-15H2,1-6H3/t17-,20-/m1/s1. The van der Waals surface area contributed by atoms with Crippen molar-refractivity contribution in [2.24, 2.45) is 0 Å². The van der Waals surface area contributed by atoms with Crippen molar-refractivity contribution >= 4 is 20.3 Å². The Labute approximate surface area is 170 Å². The molecule has 0 fully saturated rings. The minimum absolute atomic E-state index is 0.0653. The summed E-state index contributed by atoms with van der Waals surface area (Å²) in [5.74, 6) is -0.746. The molecule has 0 radical (unpaired) electrons. The Morgan fingerprint density at radius 3 is 2.43 bits per heavy atom. The molecule has 162 valence electrons. The van der Waals surface area contributed by atoms with E-state index in [2.05, 4.69) is 40.8 Å². The second kappa shape index (κ2) is 11.1. The maximum Gasteiger partial charge on any atom is 0.331 e. The number of rotatable bonds is 12. The van der Waals surface area contributed by atoms with Gasteiger partial charge in [0.25, 0.3) is 0 Å². The maximum atomic E-state index is 12.0. The first-order valence-electron chi connectivity index (χ1n) is 10.4. The molecule has 6 nitrogen and oxygen atoms in total. The molecule has 1 aliphatic rings. The highest BCUT2D eigenvalue weighted by atomic mass is 28.4. The van der Waals surface area contributed by atoms with Gasteiger partial charge in [0.15, 0.2) is 8.32 Å². The third-order valence-corrected chi connectivity index (χ3v) is 9.98. The van der Waals surface area contributed by atoms with Gasteiger partial charge in [0.2, 0.25) is 0 Å². The minimum atomic E-state index is -2.22. The molecule has 0 saturated heterocycles.